The number of pyridine rings is 2. The van der Waals surface area contributed by atoms with Gasteiger partial charge in [-0.15, -0.1) is 0 Å². The van der Waals surface area contributed by atoms with E-state index in [4.69, 9.17) is 9.72 Å². The van der Waals surface area contributed by atoms with Crippen LogP contribution in [0.3, 0.4) is 0 Å². The number of rotatable bonds is 4. The molecule has 0 saturated carbocycles. The van der Waals surface area contributed by atoms with Gasteiger partial charge in [0, 0.05) is 29.7 Å². The molecule has 0 amide bonds. The molecule has 0 radical (unpaired) electrons. The Bertz CT molecular complexity index is 1310. The van der Waals surface area contributed by atoms with E-state index >= 15 is 0 Å². The van der Waals surface area contributed by atoms with Crippen molar-refractivity contribution in [1.29, 1.82) is 0 Å². The lowest BCUT2D eigenvalue weighted by Gasteiger charge is -2.08. The Morgan fingerprint density at radius 3 is 2.10 bits per heavy atom. The summed E-state index contributed by atoms with van der Waals surface area (Å²) < 4.78 is 20.8. The summed E-state index contributed by atoms with van der Waals surface area (Å²) in [4.78, 5) is 8.99. The average molecular weight is 395 g/mol. The zero-order valence-corrected chi connectivity index (χ0v) is 16.3. The first-order valence-corrected chi connectivity index (χ1v) is 9.56. The molecular formula is C25H18FN3O. The van der Waals surface area contributed by atoms with Crippen LogP contribution >= 0.6 is 0 Å². The minimum Gasteiger partial charge on any atom is -0.497 e. The lowest BCUT2D eigenvalue weighted by Crippen LogP contribution is -1.92. The van der Waals surface area contributed by atoms with Crippen molar-refractivity contribution in [2.75, 3.05) is 7.11 Å². The summed E-state index contributed by atoms with van der Waals surface area (Å²) in [5.74, 6) is 0.549. The molecule has 3 aromatic heterocycles. The van der Waals surface area contributed by atoms with Crippen LogP contribution < -0.4 is 4.74 Å². The van der Waals surface area contributed by atoms with Gasteiger partial charge in [-0.1, -0.05) is 12.1 Å². The third kappa shape index (κ3) is 3.20. The number of hydrogen-bond acceptors (Lipinski definition) is 3. The topological polar surface area (TPSA) is 39.4 Å². The minimum absolute atomic E-state index is 0.269. The molecular weight excluding hydrogens is 377 g/mol. The molecule has 30 heavy (non-hydrogen) atoms. The van der Waals surface area contributed by atoms with Crippen LogP contribution in [0, 0.1) is 5.82 Å². The van der Waals surface area contributed by atoms with Gasteiger partial charge in [-0.05, 0) is 71.8 Å². The molecule has 0 saturated heterocycles. The summed E-state index contributed by atoms with van der Waals surface area (Å²) in [5, 5.41) is 0. The molecule has 0 unspecified atom stereocenters. The number of hydrogen-bond donors (Lipinski definition) is 0. The van der Waals surface area contributed by atoms with Gasteiger partial charge in [-0.25, -0.2) is 9.37 Å². The monoisotopic (exact) mass is 395 g/mol. The Balaban J connectivity index is 1.73. The predicted molar refractivity (Wildman–Crippen MR) is 116 cm³/mol. The van der Waals surface area contributed by atoms with E-state index in [2.05, 4.69) is 21.6 Å². The fourth-order valence-corrected chi connectivity index (χ4v) is 3.59. The van der Waals surface area contributed by atoms with Crippen LogP contribution in [0.4, 0.5) is 4.39 Å². The van der Waals surface area contributed by atoms with E-state index in [0.29, 0.717) is 0 Å². The zero-order chi connectivity index (χ0) is 20.5. The lowest BCUT2D eigenvalue weighted by atomic mass is 10.1. The normalized spacial score (nSPS) is 11.0. The van der Waals surface area contributed by atoms with E-state index in [1.165, 1.54) is 12.1 Å². The molecule has 0 aliphatic carbocycles. The SMILES string of the molecule is COc1ccc(-c2ccc3nc(-c4ccc(F)cc4)c(-c4ccncc4)n3c2)cc1. The Morgan fingerprint density at radius 1 is 0.733 bits per heavy atom. The summed E-state index contributed by atoms with van der Waals surface area (Å²) in [5.41, 5.74) is 6.54. The van der Waals surface area contributed by atoms with Crippen molar-refractivity contribution in [3.05, 3.63) is 97.2 Å². The van der Waals surface area contributed by atoms with E-state index in [1.807, 2.05) is 42.5 Å². The molecule has 5 rings (SSSR count). The van der Waals surface area contributed by atoms with E-state index in [1.54, 1.807) is 31.6 Å². The molecule has 0 spiro atoms. The number of halogens is 1. The molecule has 0 fully saturated rings. The lowest BCUT2D eigenvalue weighted by molar-refractivity contribution is 0.415. The third-order valence-electron chi connectivity index (χ3n) is 5.11. The fraction of sp³-hybridized carbons (Fsp3) is 0.0400. The van der Waals surface area contributed by atoms with Gasteiger partial charge in [-0.2, -0.15) is 0 Å². The fourth-order valence-electron chi connectivity index (χ4n) is 3.59. The number of fused-ring (bicyclic) bond motifs is 1. The van der Waals surface area contributed by atoms with Crippen LogP contribution in [0.25, 0.3) is 39.3 Å². The van der Waals surface area contributed by atoms with Crippen molar-refractivity contribution in [3.8, 4) is 39.4 Å². The molecule has 0 aliphatic heterocycles. The van der Waals surface area contributed by atoms with Crippen molar-refractivity contribution in [2.45, 2.75) is 0 Å². The van der Waals surface area contributed by atoms with Gasteiger partial charge in [-0.3, -0.25) is 9.38 Å². The molecule has 146 valence electrons. The van der Waals surface area contributed by atoms with Crippen molar-refractivity contribution in [1.82, 2.24) is 14.4 Å². The minimum atomic E-state index is -0.269. The first-order valence-electron chi connectivity index (χ1n) is 9.56. The van der Waals surface area contributed by atoms with Crippen LogP contribution in [-0.2, 0) is 0 Å². The van der Waals surface area contributed by atoms with Gasteiger partial charge in [0.2, 0.25) is 0 Å². The summed E-state index contributed by atoms with van der Waals surface area (Å²) in [6.07, 6.45) is 5.60. The summed E-state index contributed by atoms with van der Waals surface area (Å²) in [7, 11) is 1.66. The second-order valence-corrected chi connectivity index (χ2v) is 6.93. The second kappa shape index (κ2) is 7.44. The highest BCUT2D eigenvalue weighted by atomic mass is 19.1. The summed E-state index contributed by atoms with van der Waals surface area (Å²) in [6.45, 7) is 0. The number of nitrogens with zero attached hydrogens (tertiary/aromatic N) is 3. The number of methoxy groups -OCH3 is 1. The van der Waals surface area contributed by atoms with Crippen LogP contribution in [0.1, 0.15) is 0 Å². The van der Waals surface area contributed by atoms with Crippen LogP contribution in [0.2, 0.25) is 0 Å². The first-order chi connectivity index (χ1) is 14.7. The first kappa shape index (κ1) is 18.1. The number of benzene rings is 2. The highest BCUT2D eigenvalue weighted by Gasteiger charge is 2.16. The quantitative estimate of drug-likeness (QED) is 0.382. The standard InChI is InChI=1S/C25H18FN3O/c1-30-22-9-4-17(5-10-22)20-6-11-23-28-24(18-2-7-21(26)8-3-18)25(29(23)16-20)19-12-14-27-15-13-19/h2-16H,1H3. The maximum Gasteiger partial charge on any atom is 0.137 e. The van der Waals surface area contributed by atoms with E-state index in [9.17, 15) is 4.39 Å². The van der Waals surface area contributed by atoms with Gasteiger partial charge < -0.3 is 4.74 Å². The molecule has 2 aromatic carbocycles. The van der Waals surface area contributed by atoms with E-state index in [-0.39, 0.29) is 5.82 Å². The van der Waals surface area contributed by atoms with Gasteiger partial charge in [0.1, 0.15) is 17.2 Å². The smallest absolute Gasteiger partial charge is 0.137 e. The molecule has 0 aliphatic rings. The van der Waals surface area contributed by atoms with Gasteiger partial charge >= 0.3 is 0 Å². The van der Waals surface area contributed by atoms with Crippen LogP contribution in [0.5, 0.6) is 5.75 Å². The van der Waals surface area contributed by atoms with Gasteiger partial charge in [0.25, 0.3) is 0 Å². The molecule has 0 atom stereocenters. The Morgan fingerprint density at radius 2 is 1.40 bits per heavy atom. The molecule has 0 bridgehead atoms. The predicted octanol–water partition coefficient (Wildman–Crippen LogP) is 5.88. The maximum atomic E-state index is 13.5. The zero-order valence-electron chi connectivity index (χ0n) is 16.3. The third-order valence-corrected chi connectivity index (χ3v) is 5.11. The molecule has 0 N–H and O–H groups in total. The van der Waals surface area contributed by atoms with Gasteiger partial charge in [0.15, 0.2) is 0 Å². The second-order valence-electron chi connectivity index (χ2n) is 6.93. The highest BCUT2D eigenvalue weighted by molar-refractivity contribution is 5.82. The maximum absolute atomic E-state index is 13.5. The Kier molecular flexibility index (Phi) is 4.48. The van der Waals surface area contributed by atoms with Crippen molar-refractivity contribution < 1.29 is 9.13 Å². The number of aromatic nitrogens is 3. The van der Waals surface area contributed by atoms with Crippen LogP contribution in [0.15, 0.2) is 91.4 Å². The molecule has 4 nitrogen and oxygen atoms in total. The largest absolute Gasteiger partial charge is 0.497 e. The average Bonchev–Trinajstić information content (AvgIpc) is 3.19. The number of imidazole rings is 1. The van der Waals surface area contributed by atoms with Crippen molar-refractivity contribution >= 4 is 5.65 Å². The van der Waals surface area contributed by atoms with Crippen molar-refractivity contribution in [2.24, 2.45) is 0 Å². The van der Waals surface area contributed by atoms with Gasteiger partial charge in [0.05, 0.1) is 18.5 Å². The van der Waals surface area contributed by atoms with E-state index < -0.39 is 0 Å². The van der Waals surface area contributed by atoms with Crippen LogP contribution in [-0.4, -0.2) is 21.5 Å². The Labute approximate surface area is 173 Å². The Hall–Kier alpha value is -3.99. The van der Waals surface area contributed by atoms with Crippen molar-refractivity contribution in [3.63, 3.8) is 0 Å². The van der Waals surface area contributed by atoms with E-state index in [0.717, 1.165) is 45.0 Å². The summed E-state index contributed by atoms with van der Waals surface area (Å²) >= 11 is 0. The highest BCUT2D eigenvalue weighted by Crippen LogP contribution is 2.34. The molecule has 5 heteroatoms. The number of ether oxygens (including phenoxy) is 1. The molecule has 5 aromatic rings. The summed E-state index contributed by atoms with van der Waals surface area (Å²) in [6, 6.07) is 22.3. The molecule has 3 heterocycles.